The number of carbonyl (C=O) groups is 1. The highest BCUT2D eigenvalue weighted by atomic mass is 32.1. The molecular weight excluding hydrogens is 254 g/mol. The van der Waals surface area contributed by atoms with Crippen molar-refractivity contribution >= 4 is 29.0 Å². The van der Waals surface area contributed by atoms with Crippen molar-refractivity contribution in [2.75, 3.05) is 5.32 Å². The number of benzene rings is 1. The van der Waals surface area contributed by atoms with Gasteiger partial charge in [-0.2, -0.15) is 0 Å². The molecule has 0 aliphatic heterocycles. The van der Waals surface area contributed by atoms with Crippen molar-refractivity contribution in [3.63, 3.8) is 0 Å². The number of nitrogens with zero attached hydrogens (tertiary/aromatic N) is 3. The SMILES string of the molecule is NC(=NO)c1cccc(NC(=O)c2cnns2)c1. The summed E-state index contributed by atoms with van der Waals surface area (Å²) in [6.45, 7) is 0. The van der Waals surface area contributed by atoms with Gasteiger partial charge in [-0.05, 0) is 23.7 Å². The lowest BCUT2D eigenvalue weighted by Crippen LogP contribution is -2.14. The average molecular weight is 263 g/mol. The topological polar surface area (TPSA) is 113 Å². The van der Waals surface area contributed by atoms with Gasteiger partial charge in [0, 0.05) is 11.3 Å². The first kappa shape index (κ1) is 12.0. The van der Waals surface area contributed by atoms with Crippen LogP contribution in [0, 0.1) is 0 Å². The van der Waals surface area contributed by atoms with E-state index in [9.17, 15) is 4.79 Å². The van der Waals surface area contributed by atoms with Crippen LogP contribution in [0.15, 0.2) is 35.6 Å². The fourth-order valence-electron chi connectivity index (χ4n) is 1.27. The molecular formula is C10H9N5O2S. The molecule has 0 radical (unpaired) electrons. The molecule has 1 aromatic heterocycles. The zero-order valence-corrected chi connectivity index (χ0v) is 9.89. The molecule has 2 aromatic rings. The van der Waals surface area contributed by atoms with Crippen LogP contribution in [0.1, 0.15) is 15.2 Å². The number of anilines is 1. The maximum atomic E-state index is 11.7. The Kier molecular flexibility index (Phi) is 3.49. The second-order valence-electron chi connectivity index (χ2n) is 3.30. The number of oxime groups is 1. The summed E-state index contributed by atoms with van der Waals surface area (Å²) < 4.78 is 3.60. The van der Waals surface area contributed by atoms with Crippen LogP contribution in [0.3, 0.4) is 0 Å². The van der Waals surface area contributed by atoms with Crippen molar-refractivity contribution in [1.29, 1.82) is 0 Å². The van der Waals surface area contributed by atoms with E-state index in [0.29, 0.717) is 16.1 Å². The van der Waals surface area contributed by atoms with Crippen molar-refractivity contribution in [2.45, 2.75) is 0 Å². The number of rotatable bonds is 3. The monoisotopic (exact) mass is 263 g/mol. The van der Waals surface area contributed by atoms with E-state index in [-0.39, 0.29) is 11.7 Å². The van der Waals surface area contributed by atoms with Crippen molar-refractivity contribution in [2.24, 2.45) is 10.9 Å². The van der Waals surface area contributed by atoms with E-state index in [2.05, 4.69) is 20.1 Å². The van der Waals surface area contributed by atoms with E-state index in [1.54, 1.807) is 24.3 Å². The molecule has 1 aromatic carbocycles. The largest absolute Gasteiger partial charge is 0.409 e. The summed E-state index contributed by atoms with van der Waals surface area (Å²) in [5, 5.41) is 17.7. The Morgan fingerprint density at radius 3 is 3.00 bits per heavy atom. The molecule has 0 spiro atoms. The Morgan fingerprint density at radius 2 is 2.33 bits per heavy atom. The predicted octanol–water partition coefficient (Wildman–Crippen LogP) is 0.885. The average Bonchev–Trinajstić information content (AvgIpc) is 2.92. The van der Waals surface area contributed by atoms with Crippen molar-refractivity contribution < 1.29 is 10.0 Å². The van der Waals surface area contributed by atoms with Crippen LogP contribution in [-0.2, 0) is 0 Å². The summed E-state index contributed by atoms with van der Waals surface area (Å²) in [6.07, 6.45) is 1.38. The first-order valence-corrected chi connectivity index (χ1v) is 5.64. The summed E-state index contributed by atoms with van der Waals surface area (Å²) in [5.41, 5.74) is 6.51. The summed E-state index contributed by atoms with van der Waals surface area (Å²) in [6, 6.07) is 6.65. The number of amidine groups is 1. The number of hydrogen-bond acceptors (Lipinski definition) is 6. The van der Waals surface area contributed by atoms with Crippen LogP contribution in [0.5, 0.6) is 0 Å². The van der Waals surface area contributed by atoms with Gasteiger partial charge in [0.25, 0.3) is 5.91 Å². The van der Waals surface area contributed by atoms with E-state index in [1.807, 2.05) is 0 Å². The Labute approximate surface area is 106 Å². The molecule has 0 aliphatic rings. The lowest BCUT2D eigenvalue weighted by Gasteiger charge is -2.05. The predicted molar refractivity (Wildman–Crippen MR) is 66.8 cm³/mol. The van der Waals surface area contributed by atoms with Crippen LogP contribution in [-0.4, -0.2) is 26.5 Å². The van der Waals surface area contributed by atoms with Crippen LogP contribution in [0.2, 0.25) is 0 Å². The smallest absolute Gasteiger partial charge is 0.269 e. The summed E-state index contributed by atoms with van der Waals surface area (Å²) >= 11 is 1.00. The van der Waals surface area contributed by atoms with Crippen molar-refractivity contribution in [3.8, 4) is 0 Å². The molecule has 2 rings (SSSR count). The third kappa shape index (κ3) is 2.61. The standard InChI is InChI=1S/C10H9N5O2S/c11-9(14-17)6-2-1-3-7(4-6)13-10(16)8-5-12-15-18-8/h1-5,17H,(H2,11,14)(H,13,16). The highest BCUT2D eigenvalue weighted by Crippen LogP contribution is 2.13. The molecule has 18 heavy (non-hydrogen) atoms. The van der Waals surface area contributed by atoms with Crippen LogP contribution >= 0.6 is 11.5 Å². The molecule has 0 bridgehead atoms. The van der Waals surface area contributed by atoms with Gasteiger partial charge >= 0.3 is 0 Å². The highest BCUT2D eigenvalue weighted by molar-refractivity contribution is 7.07. The second kappa shape index (κ2) is 5.23. The highest BCUT2D eigenvalue weighted by Gasteiger charge is 2.09. The number of nitrogens with two attached hydrogens (primary N) is 1. The summed E-state index contributed by atoms with van der Waals surface area (Å²) in [5.74, 6) is -0.327. The Bertz CT molecular complexity index is 582. The van der Waals surface area contributed by atoms with Gasteiger partial charge in [-0.3, -0.25) is 4.79 Å². The Balaban J connectivity index is 2.17. The minimum Gasteiger partial charge on any atom is -0.409 e. The van der Waals surface area contributed by atoms with Gasteiger partial charge in [0.15, 0.2) is 5.84 Å². The Morgan fingerprint density at radius 1 is 1.50 bits per heavy atom. The van der Waals surface area contributed by atoms with E-state index >= 15 is 0 Å². The zero-order valence-electron chi connectivity index (χ0n) is 9.07. The number of carbonyl (C=O) groups excluding carboxylic acids is 1. The minimum absolute atomic E-state index is 0.0226. The fraction of sp³-hybridized carbons (Fsp3) is 0. The lowest BCUT2D eigenvalue weighted by atomic mass is 10.2. The van der Waals surface area contributed by atoms with E-state index in [4.69, 9.17) is 10.9 Å². The number of nitrogens with one attached hydrogen (secondary N) is 1. The lowest BCUT2D eigenvalue weighted by molar-refractivity contribution is 0.103. The molecule has 7 nitrogen and oxygen atoms in total. The maximum absolute atomic E-state index is 11.7. The molecule has 0 atom stereocenters. The molecule has 0 fully saturated rings. The van der Waals surface area contributed by atoms with Gasteiger partial charge in [0.1, 0.15) is 4.88 Å². The van der Waals surface area contributed by atoms with Crippen LogP contribution < -0.4 is 11.1 Å². The third-order valence-electron chi connectivity index (χ3n) is 2.11. The molecule has 1 amide bonds. The molecule has 4 N–H and O–H groups in total. The second-order valence-corrected chi connectivity index (χ2v) is 4.09. The molecule has 0 unspecified atom stereocenters. The quantitative estimate of drug-likeness (QED) is 0.329. The van der Waals surface area contributed by atoms with E-state index in [1.165, 1.54) is 6.20 Å². The molecule has 0 aliphatic carbocycles. The molecule has 92 valence electrons. The van der Waals surface area contributed by atoms with Gasteiger partial charge in [0.05, 0.1) is 6.20 Å². The number of hydrogen-bond donors (Lipinski definition) is 3. The summed E-state index contributed by atoms with van der Waals surface area (Å²) in [7, 11) is 0. The molecule has 0 saturated carbocycles. The van der Waals surface area contributed by atoms with Gasteiger partial charge in [-0.25, -0.2) is 0 Å². The maximum Gasteiger partial charge on any atom is 0.269 e. The van der Waals surface area contributed by atoms with E-state index < -0.39 is 0 Å². The minimum atomic E-state index is -0.304. The molecule has 1 heterocycles. The fourth-order valence-corrected chi connectivity index (χ4v) is 1.68. The normalized spacial score (nSPS) is 11.2. The zero-order chi connectivity index (χ0) is 13.0. The van der Waals surface area contributed by atoms with Gasteiger partial charge in [-0.1, -0.05) is 21.8 Å². The first-order chi connectivity index (χ1) is 8.70. The van der Waals surface area contributed by atoms with Crippen LogP contribution in [0.25, 0.3) is 0 Å². The third-order valence-corrected chi connectivity index (χ3v) is 2.77. The first-order valence-electron chi connectivity index (χ1n) is 4.87. The number of amides is 1. The van der Waals surface area contributed by atoms with Crippen LogP contribution in [0.4, 0.5) is 5.69 Å². The molecule has 0 saturated heterocycles. The molecule has 8 heteroatoms. The summed E-state index contributed by atoms with van der Waals surface area (Å²) in [4.78, 5) is 12.1. The van der Waals surface area contributed by atoms with Gasteiger partial charge in [-0.15, -0.1) is 5.10 Å². The van der Waals surface area contributed by atoms with E-state index in [0.717, 1.165) is 11.5 Å². The van der Waals surface area contributed by atoms with Crippen molar-refractivity contribution in [1.82, 2.24) is 9.59 Å². The van der Waals surface area contributed by atoms with Crippen molar-refractivity contribution in [3.05, 3.63) is 40.9 Å². The Hall–Kier alpha value is -2.48. The van der Waals surface area contributed by atoms with Gasteiger partial charge < -0.3 is 16.3 Å². The van der Waals surface area contributed by atoms with Gasteiger partial charge in [0.2, 0.25) is 0 Å². The number of aromatic nitrogens is 2.